The van der Waals surface area contributed by atoms with Gasteiger partial charge < -0.3 is 21.1 Å². The minimum absolute atomic E-state index is 0.0343. The average molecular weight is 558 g/mol. The Morgan fingerprint density at radius 2 is 1.87 bits per heavy atom. The van der Waals surface area contributed by atoms with Crippen LogP contribution in [0.25, 0.3) is 0 Å². The first kappa shape index (κ1) is 29.4. The normalized spacial score (nSPS) is 17.0. The van der Waals surface area contributed by atoms with Crippen molar-refractivity contribution in [3.05, 3.63) is 71.1 Å². The standard InChI is InChI=1S/C30H41F2N5OS/c1-5-33-27-20(14-23(31)17-24(27)32)15-25(37-28-34-19-36-39-28)26(38)18-35-30(12-7-6-8-13-30)22-11-9-10-21(16-22)29(2,3)4/h9-11,14,16-17,19,25-26,33,35,38H,5-8,12-13,15,18H2,1-4H3,(H,34,36,37). The zero-order valence-electron chi connectivity index (χ0n) is 23.4. The van der Waals surface area contributed by atoms with Crippen LogP contribution in [0.5, 0.6) is 0 Å². The molecule has 2 atom stereocenters. The molecule has 39 heavy (non-hydrogen) atoms. The van der Waals surface area contributed by atoms with Gasteiger partial charge in [-0.1, -0.05) is 64.3 Å². The van der Waals surface area contributed by atoms with Crippen molar-refractivity contribution in [1.29, 1.82) is 0 Å². The van der Waals surface area contributed by atoms with E-state index in [0.717, 1.165) is 31.7 Å². The lowest BCUT2D eigenvalue weighted by atomic mass is 9.74. The lowest BCUT2D eigenvalue weighted by Crippen LogP contribution is -2.51. The van der Waals surface area contributed by atoms with E-state index in [-0.39, 0.29) is 23.1 Å². The first-order valence-electron chi connectivity index (χ1n) is 13.9. The maximum Gasteiger partial charge on any atom is 0.202 e. The van der Waals surface area contributed by atoms with Crippen LogP contribution in [-0.4, -0.2) is 39.7 Å². The van der Waals surface area contributed by atoms with Crippen LogP contribution in [0.15, 0.2) is 42.7 Å². The number of rotatable bonds is 11. The second kappa shape index (κ2) is 12.7. The fraction of sp³-hybridized carbons (Fsp3) is 0.533. The smallest absolute Gasteiger partial charge is 0.202 e. The van der Waals surface area contributed by atoms with E-state index in [4.69, 9.17) is 0 Å². The van der Waals surface area contributed by atoms with Crippen molar-refractivity contribution in [2.75, 3.05) is 23.7 Å². The predicted octanol–water partition coefficient (Wildman–Crippen LogP) is 6.38. The molecule has 212 valence electrons. The molecule has 1 saturated carbocycles. The average Bonchev–Trinajstić information content (AvgIpc) is 3.42. The molecule has 0 aliphatic heterocycles. The Bertz CT molecular complexity index is 1210. The quantitative estimate of drug-likeness (QED) is 0.219. The van der Waals surface area contributed by atoms with E-state index < -0.39 is 23.8 Å². The molecule has 6 nitrogen and oxygen atoms in total. The van der Waals surface area contributed by atoms with E-state index in [1.807, 2.05) is 6.92 Å². The number of aliphatic hydroxyl groups is 1. The summed E-state index contributed by atoms with van der Waals surface area (Å²) in [5, 5.41) is 22.1. The van der Waals surface area contributed by atoms with Crippen LogP contribution < -0.4 is 16.0 Å². The van der Waals surface area contributed by atoms with Crippen molar-refractivity contribution < 1.29 is 13.9 Å². The first-order chi connectivity index (χ1) is 18.6. The lowest BCUT2D eigenvalue weighted by molar-refractivity contribution is 0.122. The van der Waals surface area contributed by atoms with Gasteiger partial charge in [0.05, 0.1) is 17.8 Å². The van der Waals surface area contributed by atoms with Crippen LogP contribution >= 0.6 is 11.5 Å². The van der Waals surface area contributed by atoms with E-state index in [2.05, 4.69) is 70.3 Å². The minimum atomic E-state index is -0.862. The number of nitrogens with one attached hydrogen (secondary N) is 3. The molecule has 0 saturated heterocycles. The largest absolute Gasteiger partial charge is 0.390 e. The molecule has 0 bridgehead atoms. The number of nitrogens with zero attached hydrogens (tertiary/aromatic N) is 2. The highest BCUT2D eigenvalue weighted by molar-refractivity contribution is 7.09. The fourth-order valence-corrected chi connectivity index (χ4v) is 6.02. The van der Waals surface area contributed by atoms with E-state index in [0.29, 0.717) is 23.8 Å². The molecule has 2 aromatic carbocycles. The monoisotopic (exact) mass is 557 g/mol. The van der Waals surface area contributed by atoms with Crippen molar-refractivity contribution in [2.45, 2.75) is 89.3 Å². The minimum Gasteiger partial charge on any atom is -0.390 e. The zero-order valence-corrected chi connectivity index (χ0v) is 24.2. The molecule has 2 unspecified atom stereocenters. The molecule has 1 aromatic heterocycles. The molecule has 4 N–H and O–H groups in total. The van der Waals surface area contributed by atoms with E-state index >= 15 is 0 Å². The van der Waals surface area contributed by atoms with Gasteiger partial charge in [-0.25, -0.2) is 13.8 Å². The SMILES string of the molecule is CCNc1c(F)cc(F)cc1CC(Nc1ncns1)C(O)CNC1(c2cccc(C(C)(C)C)c2)CCCCC1. The summed E-state index contributed by atoms with van der Waals surface area (Å²) in [6, 6.07) is 10.5. The van der Waals surface area contributed by atoms with Gasteiger partial charge in [0.15, 0.2) is 0 Å². The second-order valence-corrected chi connectivity index (χ2v) is 12.4. The summed E-state index contributed by atoms with van der Waals surface area (Å²) in [6.45, 7) is 9.32. The topological polar surface area (TPSA) is 82.1 Å². The van der Waals surface area contributed by atoms with E-state index in [1.54, 1.807) is 0 Å². The summed E-state index contributed by atoms with van der Waals surface area (Å²) in [7, 11) is 0. The molecule has 4 rings (SSSR count). The molecular weight excluding hydrogens is 516 g/mol. The van der Waals surface area contributed by atoms with Crippen LogP contribution in [0.2, 0.25) is 0 Å². The van der Waals surface area contributed by atoms with Gasteiger partial charge in [-0.2, -0.15) is 4.37 Å². The molecule has 3 aromatic rings. The van der Waals surface area contributed by atoms with Crippen LogP contribution in [0, 0.1) is 11.6 Å². The summed E-state index contributed by atoms with van der Waals surface area (Å²) in [4.78, 5) is 4.22. The van der Waals surface area contributed by atoms with Crippen molar-refractivity contribution >= 4 is 22.4 Å². The maximum atomic E-state index is 14.7. The van der Waals surface area contributed by atoms with Gasteiger partial charge in [0.1, 0.15) is 18.0 Å². The summed E-state index contributed by atoms with van der Waals surface area (Å²) in [5.41, 5.74) is 3.04. The molecule has 1 heterocycles. The van der Waals surface area contributed by atoms with Gasteiger partial charge in [0.25, 0.3) is 0 Å². The van der Waals surface area contributed by atoms with Crippen LogP contribution in [0.1, 0.15) is 76.5 Å². The first-order valence-corrected chi connectivity index (χ1v) is 14.7. The van der Waals surface area contributed by atoms with E-state index in [1.165, 1.54) is 41.5 Å². The molecular formula is C30H41F2N5OS. The predicted molar refractivity (Wildman–Crippen MR) is 155 cm³/mol. The number of aromatic nitrogens is 2. The zero-order chi connectivity index (χ0) is 28.0. The molecule has 9 heteroatoms. The van der Waals surface area contributed by atoms with Gasteiger partial charge in [-0.15, -0.1) is 0 Å². The Balaban J connectivity index is 1.59. The summed E-state index contributed by atoms with van der Waals surface area (Å²) < 4.78 is 32.9. The Hall–Kier alpha value is -2.62. The van der Waals surface area contributed by atoms with Crippen molar-refractivity contribution in [3.8, 4) is 0 Å². The molecule has 1 aliphatic rings. The van der Waals surface area contributed by atoms with Crippen molar-refractivity contribution in [3.63, 3.8) is 0 Å². The Labute approximate surface area is 234 Å². The Morgan fingerprint density at radius 1 is 1.10 bits per heavy atom. The van der Waals surface area contributed by atoms with Crippen molar-refractivity contribution in [1.82, 2.24) is 14.7 Å². The lowest BCUT2D eigenvalue weighted by Gasteiger charge is -2.41. The van der Waals surface area contributed by atoms with Gasteiger partial charge >= 0.3 is 0 Å². The van der Waals surface area contributed by atoms with Gasteiger partial charge in [-0.05, 0) is 54.4 Å². The number of aliphatic hydroxyl groups excluding tert-OH is 1. The number of hydrogen-bond acceptors (Lipinski definition) is 7. The molecule has 1 fully saturated rings. The highest BCUT2D eigenvalue weighted by Crippen LogP contribution is 2.39. The van der Waals surface area contributed by atoms with Crippen LogP contribution in [-0.2, 0) is 17.4 Å². The van der Waals surface area contributed by atoms with Gasteiger partial charge in [-0.3, -0.25) is 0 Å². The Morgan fingerprint density at radius 3 is 2.54 bits per heavy atom. The third-order valence-electron chi connectivity index (χ3n) is 7.70. The molecule has 1 aliphatic carbocycles. The van der Waals surface area contributed by atoms with Crippen LogP contribution in [0.3, 0.4) is 0 Å². The number of halogens is 2. The summed E-state index contributed by atoms with van der Waals surface area (Å²) >= 11 is 1.18. The summed E-state index contributed by atoms with van der Waals surface area (Å²) in [5.74, 6) is -1.29. The molecule has 0 amide bonds. The third kappa shape index (κ3) is 7.32. The fourth-order valence-electron chi connectivity index (χ4n) is 5.53. The second-order valence-electron chi connectivity index (χ2n) is 11.6. The number of anilines is 2. The third-order valence-corrected chi connectivity index (χ3v) is 8.30. The molecule has 0 spiro atoms. The van der Waals surface area contributed by atoms with E-state index in [9.17, 15) is 13.9 Å². The number of hydrogen-bond donors (Lipinski definition) is 4. The highest BCUT2D eigenvalue weighted by Gasteiger charge is 2.35. The van der Waals surface area contributed by atoms with Crippen LogP contribution in [0.4, 0.5) is 19.6 Å². The summed E-state index contributed by atoms with van der Waals surface area (Å²) in [6.07, 6.45) is 6.19. The van der Waals surface area contributed by atoms with Gasteiger partial charge in [0, 0.05) is 36.2 Å². The van der Waals surface area contributed by atoms with Crippen molar-refractivity contribution in [2.24, 2.45) is 0 Å². The highest BCUT2D eigenvalue weighted by atomic mass is 32.1. The Kier molecular flexibility index (Phi) is 9.56. The molecule has 0 radical (unpaired) electrons. The number of benzene rings is 2. The maximum absolute atomic E-state index is 14.7. The van der Waals surface area contributed by atoms with Gasteiger partial charge in [0.2, 0.25) is 5.13 Å².